The van der Waals surface area contributed by atoms with Gasteiger partial charge in [0.2, 0.25) is 0 Å². The smallest absolute Gasteiger partial charge is 0.159 e. The summed E-state index contributed by atoms with van der Waals surface area (Å²) >= 11 is 0. The lowest BCUT2D eigenvalue weighted by Crippen LogP contribution is -2.01. The maximum absolute atomic E-state index is 11.3. The van der Waals surface area contributed by atoms with Crippen molar-refractivity contribution in [1.82, 2.24) is 4.98 Å². The third-order valence-electron chi connectivity index (χ3n) is 3.51. The summed E-state index contributed by atoms with van der Waals surface area (Å²) in [6.07, 6.45) is 3.70. The molecule has 0 fully saturated rings. The molecule has 0 aliphatic heterocycles. The molecule has 21 heavy (non-hydrogen) atoms. The predicted molar refractivity (Wildman–Crippen MR) is 85.5 cm³/mol. The van der Waals surface area contributed by atoms with Crippen LogP contribution in [0.4, 0.5) is 5.69 Å². The Morgan fingerprint density at radius 2 is 1.81 bits per heavy atom. The fourth-order valence-electron chi connectivity index (χ4n) is 2.31. The van der Waals surface area contributed by atoms with Crippen LogP contribution in [0.5, 0.6) is 0 Å². The van der Waals surface area contributed by atoms with Gasteiger partial charge in [-0.15, -0.1) is 0 Å². The fourth-order valence-corrected chi connectivity index (χ4v) is 2.31. The van der Waals surface area contributed by atoms with Gasteiger partial charge in [0.05, 0.1) is 11.9 Å². The summed E-state index contributed by atoms with van der Waals surface area (Å²) in [6.45, 7) is 2.28. The number of aromatic nitrogens is 1. The Balaban J connectivity index is 1.79. The lowest BCUT2D eigenvalue weighted by atomic mass is 10.1. The maximum Gasteiger partial charge on any atom is 0.159 e. The molecule has 0 aliphatic rings. The molecule has 3 nitrogen and oxygen atoms in total. The minimum absolute atomic E-state index is 0.0905. The van der Waals surface area contributed by atoms with Gasteiger partial charge in [-0.2, -0.15) is 0 Å². The molecule has 0 saturated heterocycles. The van der Waals surface area contributed by atoms with E-state index in [4.69, 9.17) is 0 Å². The standard InChI is InChI=1S/C18H16N2O/c1-13(21)15-8-6-14(7-9-15)10-20-18-12-19-11-16-4-2-3-5-17(16)18/h2-9,11-12,20H,10H2,1H3. The van der Waals surface area contributed by atoms with E-state index >= 15 is 0 Å². The number of rotatable bonds is 4. The van der Waals surface area contributed by atoms with Crippen LogP contribution in [-0.4, -0.2) is 10.8 Å². The number of benzene rings is 2. The minimum atomic E-state index is 0.0905. The van der Waals surface area contributed by atoms with Crippen molar-refractivity contribution >= 4 is 22.2 Å². The Morgan fingerprint density at radius 3 is 2.57 bits per heavy atom. The van der Waals surface area contributed by atoms with Crippen LogP contribution in [0.25, 0.3) is 10.8 Å². The van der Waals surface area contributed by atoms with Crippen molar-refractivity contribution in [2.75, 3.05) is 5.32 Å². The number of hydrogen-bond donors (Lipinski definition) is 1. The van der Waals surface area contributed by atoms with E-state index < -0.39 is 0 Å². The summed E-state index contributed by atoms with van der Waals surface area (Å²) < 4.78 is 0. The van der Waals surface area contributed by atoms with Gasteiger partial charge in [-0.1, -0.05) is 48.5 Å². The van der Waals surface area contributed by atoms with E-state index in [1.165, 1.54) is 0 Å². The number of carbonyl (C=O) groups excluding carboxylic acids is 1. The first-order chi connectivity index (χ1) is 10.2. The van der Waals surface area contributed by atoms with Crippen molar-refractivity contribution in [1.29, 1.82) is 0 Å². The molecule has 0 saturated carbocycles. The van der Waals surface area contributed by atoms with Gasteiger partial charge in [0.15, 0.2) is 5.78 Å². The molecule has 0 atom stereocenters. The molecule has 0 aliphatic carbocycles. The van der Waals surface area contributed by atoms with E-state index in [1.54, 1.807) is 6.92 Å². The Kier molecular flexibility index (Phi) is 3.65. The lowest BCUT2D eigenvalue weighted by molar-refractivity contribution is 0.101. The highest BCUT2D eigenvalue weighted by atomic mass is 16.1. The number of Topliss-reactive ketones (excluding diaryl/α,β-unsaturated/α-hetero) is 1. The van der Waals surface area contributed by atoms with Crippen LogP contribution >= 0.6 is 0 Å². The summed E-state index contributed by atoms with van der Waals surface area (Å²) in [5.74, 6) is 0.0905. The zero-order valence-electron chi connectivity index (χ0n) is 11.8. The van der Waals surface area contributed by atoms with Gasteiger partial charge in [-0.05, 0) is 12.5 Å². The van der Waals surface area contributed by atoms with Crippen LogP contribution in [0, 0.1) is 0 Å². The average Bonchev–Trinajstić information content (AvgIpc) is 2.53. The predicted octanol–water partition coefficient (Wildman–Crippen LogP) is 4.05. The third kappa shape index (κ3) is 2.92. The molecule has 0 spiro atoms. The molecule has 3 rings (SSSR count). The molecule has 0 amide bonds. The highest BCUT2D eigenvalue weighted by Crippen LogP contribution is 2.22. The van der Waals surface area contributed by atoms with Gasteiger partial charge in [0, 0.05) is 29.1 Å². The quantitative estimate of drug-likeness (QED) is 0.731. The third-order valence-corrected chi connectivity index (χ3v) is 3.51. The summed E-state index contributed by atoms with van der Waals surface area (Å²) in [6, 6.07) is 15.8. The number of pyridine rings is 1. The van der Waals surface area contributed by atoms with Gasteiger partial charge >= 0.3 is 0 Å². The molecule has 3 aromatic rings. The number of hydrogen-bond acceptors (Lipinski definition) is 3. The van der Waals surface area contributed by atoms with Crippen LogP contribution in [0.15, 0.2) is 60.9 Å². The molecule has 1 heterocycles. The van der Waals surface area contributed by atoms with Crippen molar-refractivity contribution in [3.8, 4) is 0 Å². The van der Waals surface area contributed by atoms with E-state index in [2.05, 4.69) is 22.4 Å². The van der Waals surface area contributed by atoms with E-state index in [-0.39, 0.29) is 5.78 Å². The summed E-state index contributed by atoms with van der Waals surface area (Å²) in [5.41, 5.74) is 2.89. The van der Waals surface area contributed by atoms with Crippen LogP contribution < -0.4 is 5.32 Å². The number of anilines is 1. The van der Waals surface area contributed by atoms with E-state index in [9.17, 15) is 4.79 Å². The van der Waals surface area contributed by atoms with Crippen LogP contribution in [0.2, 0.25) is 0 Å². The van der Waals surface area contributed by atoms with Crippen LogP contribution in [-0.2, 0) is 6.54 Å². The van der Waals surface area contributed by atoms with Gasteiger partial charge in [-0.25, -0.2) is 0 Å². The first kappa shape index (κ1) is 13.3. The van der Waals surface area contributed by atoms with Gasteiger partial charge in [0.25, 0.3) is 0 Å². The topological polar surface area (TPSA) is 42.0 Å². The Labute approximate surface area is 123 Å². The normalized spacial score (nSPS) is 10.5. The monoisotopic (exact) mass is 276 g/mol. The highest BCUT2D eigenvalue weighted by molar-refractivity contribution is 5.94. The Morgan fingerprint density at radius 1 is 1.05 bits per heavy atom. The number of nitrogens with zero attached hydrogens (tertiary/aromatic N) is 1. The van der Waals surface area contributed by atoms with Crippen LogP contribution in [0.3, 0.4) is 0 Å². The summed E-state index contributed by atoms with van der Waals surface area (Å²) in [5, 5.41) is 5.69. The van der Waals surface area contributed by atoms with E-state index in [0.29, 0.717) is 6.54 Å². The second-order valence-corrected chi connectivity index (χ2v) is 5.01. The molecular weight excluding hydrogens is 260 g/mol. The molecule has 1 aromatic heterocycles. The fraction of sp³-hybridized carbons (Fsp3) is 0.111. The molecular formula is C18H16N2O. The van der Waals surface area contributed by atoms with Gasteiger partial charge in [-0.3, -0.25) is 9.78 Å². The average molecular weight is 276 g/mol. The minimum Gasteiger partial charge on any atom is -0.379 e. The second-order valence-electron chi connectivity index (χ2n) is 5.01. The number of ketones is 1. The van der Waals surface area contributed by atoms with Crippen molar-refractivity contribution in [2.45, 2.75) is 13.5 Å². The van der Waals surface area contributed by atoms with Crippen molar-refractivity contribution in [3.05, 3.63) is 72.1 Å². The van der Waals surface area contributed by atoms with Gasteiger partial charge in [0.1, 0.15) is 0 Å². The number of nitrogens with one attached hydrogen (secondary N) is 1. The first-order valence-electron chi connectivity index (χ1n) is 6.90. The van der Waals surface area contributed by atoms with Crippen LogP contribution in [0.1, 0.15) is 22.8 Å². The Hall–Kier alpha value is -2.68. The molecule has 104 valence electrons. The maximum atomic E-state index is 11.3. The molecule has 1 N–H and O–H groups in total. The molecule has 0 bridgehead atoms. The molecule has 3 heteroatoms. The summed E-state index contributed by atoms with van der Waals surface area (Å²) in [4.78, 5) is 15.5. The van der Waals surface area contributed by atoms with Crippen molar-refractivity contribution in [3.63, 3.8) is 0 Å². The Bertz CT molecular complexity index is 773. The lowest BCUT2D eigenvalue weighted by Gasteiger charge is -2.09. The largest absolute Gasteiger partial charge is 0.379 e. The van der Waals surface area contributed by atoms with E-state index in [0.717, 1.165) is 27.6 Å². The SMILES string of the molecule is CC(=O)c1ccc(CNc2cncc3ccccc23)cc1. The van der Waals surface area contributed by atoms with Crippen molar-refractivity contribution in [2.24, 2.45) is 0 Å². The van der Waals surface area contributed by atoms with Gasteiger partial charge < -0.3 is 5.32 Å². The number of carbonyl (C=O) groups is 1. The summed E-state index contributed by atoms with van der Waals surface area (Å²) in [7, 11) is 0. The molecule has 0 radical (unpaired) electrons. The molecule has 0 unspecified atom stereocenters. The zero-order valence-corrected chi connectivity index (χ0v) is 11.8. The zero-order chi connectivity index (χ0) is 14.7. The molecule has 2 aromatic carbocycles. The van der Waals surface area contributed by atoms with Crippen molar-refractivity contribution < 1.29 is 4.79 Å². The number of fused-ring (bicyclic) bond motifs is 1. The first-order valence-corrected chi connectivity index (χ1v) is 6.90. The highest BCUT2D eigenvalue weighted by Gasteiger charge is 2.02. The second kappa shape index (κ2) is 5.75. The van der Waals surface area contributed by atoms with E-state index in [1.807, 2.05) is 48.8 Å².